The van der Waals surface area contributed by atoms with E-state index in [0.717, 1.165) is 30.4 Å². The van der Waals surface area contributed by atoms with Gasteiger partial charge in [-0.05, 0) is 63.7 Å². The predicted molar refractivity (Wildman–Crippen MR) is 92.9 cm³/mol. The molecule has 2 aromatic rings. The third-order valence-corrected chi connectivity index (χ3v) is 5.17. The smallest absolute Gasteiger partial charge is 0.261 e. The molecule has 0 spiro atoms. The minimum atomic E-state index is 0.565. The minimum Gasteiger partial charge on any atom is -0.356 e. The topological polar surface area (TPSA) is 58.3 Å². The highest BCUT2D eigenvalue weighted by molar-refractivity contribution is 5.69. The highest BCUT2D eigenvalue weighted by atomic mass is 16.5. The van der Waals surface area contributed by atoms with E-state index in [1.54, 1.807) is 0 Å². The molecule has 0 amide bonds. The minimum absolute atomic E-state index is 0.565. The fraction of sp³-hybridized carbons (Fsp3) is 0.611. The van der Waals surface area contributed by atoms with Crippen molar-refractivity contribution in [1.82, 2.24) is 20.0 Å². The van der Waals surface area contributed by atoms with Gasteiger partial charge in [-0.2, -0.15) is 4.98 Å². The van der Waals surface area contributed by atoms with Crippen LogP contribution in [-0.4, -0.2) is 52.7 Å². The van der Waals surface area contributed by atoms with Crippen molar-refractivity contribution >= 4 is 5.82 Å². The van der Waals surface area contributed by atoms with Gasteiger partial charge in [-0.25, -0.2) is 4.98 Å². The second-order valence-electron chi connectivity index (χ2n) is 6.96. The summed E-state index contributed by atoms with van der Waals surface area (Å²) in [6, 6.07) is 3.95. The van der Waals surface area contributed by atoms with Crippen molar-refractivity contribution in [2.45, 2.75) is 32.6 Å². The largest absolute Gasteiger partial charge is 0.356 e. The molecule has 0 unspecified atom stereocenters. The van der Waals surface area contributed by atoms with Gasteiger partial charge in [-0.1, -0.05) is 5.16 Å². The van der Waals surface area contributed by atoms with Gasteiger partial charge in [0, 0.05) is 25.8 Å². The van der Waals surface area contributed by atoms with Crippen LogP contribution in [0.1, 0.15) is 31.5 Å². The number of aromatic nitrogens is 3. The summed E-state index contributed by atoms with van der Waals surface area (Å²) in [7, 11) is 0. The summed E-state index contributed by atoms with van der Waals surface area (Å²) in [5.41, 5.74) is 0.941. The number of rotatable bonds is 4. The Morgan fingerprint density at radius 1 is 1.17 bits per heavy atom. The highest BCUT2D eigenvalue weighted by Crippen LogP contribution is 2.31. The molecule has 2 aromatic heterocycles. The molecule has 0 saturated carbocycles. The number of hydrogen-bond acceptors (Lipinski definition) is 6. The molecule has 0 atom stereocenters. The maximum Gasteiger partial charge on any atom is 0.261 e. The number of anilines is 1. The van der Waals surface area contributed by atoms with Gasteiger partial charge in [0.15, 0.2) is 5.82 Å². The molecule has 0 N–H and O–H groups in total. The summed E-state index contributed by atoms with van der Waals surface area (Å²) in [4.78, 5) is 14.0. The van der Waals surface area contributed by atoms with E-state index in [2.05, 4.69) is 24.9 Å². The van der Waals surface area contributed by atoms with E-state index in [9.17, 15) is 0 Å². The van der Waals surface area contributed by atoms with Crippen LogP contribution < -0.4 is 4.90 Å². The van der Waals surface area contributed by atoms with Gasteiger partial charge in [-0.15, -0.1) is 0 Å². The third kappa shape index (κ3) is 3.29. The van der Waals surface area contributed by atoms with Crippen molar-refractivity contribution in [2.75, 3.05) is 37.6 Å². The molecule has 0 aromatic carbocycles. The second-order valence-corrected chi connectivity index (χ2v) is 6.96. The van der Waals surface area contributed by atoms with Crippen molar-refractivity contribution in [1.29, 1.82) is 0 Å². The van der Waals surface area contributed by atoms with Crippen LogP contribution in [0, 0.1) is 12.8 Å². The van der Waals surface area contributed by atoms with E-state index < -0.39 is 0 Å². The molecule has 4 rings (SSSR count). The molecule has 2 saturated heterocycles. The number of nitrogens with zero attached hydrogens (tertiary/aromatic N) is 5. The lowest BCUT2D eigenvalue weighted by Crippen LogP contribution is -2.38. The molecule has 24 heavy (non-hydrogen) atoms. The molecule has 2 aliphatic rings. The average molecular weight is 327 g/mol. The van der Waals surface area contributed by atoms with Crippen molar-refractivity contribution in [3.63, 3.8) is 0 Å². The standard InChI is InChI=1S/C18H25N5O/c1-14-20-18(24-21-14)16-5-4-8-19-17(16)23-11-6-15(7-12-23)13-22-9-2-3-10-22/h4-5,8,15H,2-3,6-7,9-13H2,1H3. The third-order valence-electron chi connectivity index (χ3n) is 5.17. The fourth-order valence-corrected chi connectivity index (χ4v) is 3.88. The van der Waals surface area contributed by atoms with E-state index in [4.69, 9.17) is 4.52 Å². The van der Waals surface area contributed by atoms with E-state index in [0.29, 0.717) is 11.7 Å². The molecule has 2 fully saturated rings. The molecule has 128 valence electrons. The summed E-state index contributed by atoms with van der Waals surface area (Å²) >= 11 is 0. The monoisotopic (exact) mass is 327 g/mol. The summed E-state index contributed by atoms with van der Waals surface area (Å²) in [5.74, 6) is 3.01. The lowest BCUT2D eigenvalue weighted by atomic mass is 9.96. The summed E-state index contributed by atoms with van der Waals surface area (Å²) in [6.07, 6.45) is 7.06. The highest BCUT2D eigenvalue weighted by Gasteiger charge is 2.25. The second kappa shape index (κ2) is 6.89. The van der Waals surface area contributed by atoms with Gasteiger partial charge in [0.25, 0.3) is 5.89 Å². The molecule has 0 radical (unpaired) electrons. The zero-order valence-electron chi connectivity index (χ0n) is 14.3. The summed E-state index contributed by atoms with van der Waals surface area (Å²) < 4.78 is 5.36. The number of pyridine rings is 1. The SMILES string of the molecule is Cc1noc(-c2cccnc2N2CCC(CN3CCCC3)CC2)n1. The Morgan fingerprint density at radius 3 is 2.67 bits per heavy atom. The number of hydrogen-bond donors (Lipinski definition) is 0. The van der Waals surface area contributed by atoms with Gasteiger partial charge in [0.1, 0.15) is 5.82 Å². The Balaban J connectivity index is 1.44. The molecule has 6 nitrogen and oxygen atoms in total. The van der Waals surface area contributed by atoms with Gasteiger partial charge >= 0.3 is 0 Å². The fourth-order valence-electron chi connectivity index (χ4n) is 3.88. The predicted octanol–water partition coefficient (Wildman–Crippen LogP) is 2.75. The molecule has 2 aliphatic heterocycles. The summed E-state index contributed by atoms with van der Waals surface area (Å²) in [6.45, 7) is 7.80. The van der Waals surface area contributed by atoms with Crippen molar-refractivity contribution < 1.29 is 4.52 Å². The van der Waals surface area contributed by atoms with Crippen molar-refractivity contribution in [3.8, 4) is 11.5 Å². The maximum absolute atomic E-state index is 5.36. The van der Waals surface area contributed by atoms with Crippen molar-refractivity contribution in [2.24, 2.45) is 5.92 Å². The Labute approximate surface area is 142 Å². The molecule has 0 bridgehead atoms. The molecular formula is C18H25N5O. The van der Waals surface area contributed by atoms with E-state index in [-0.39, 0.29) is 0 Å². The van der Waals surface area contributed by atoms with Crippen LogP contribution in [0.2, 0.25) is 0 Å². The van der Waals surface area contributed by atoms with E-state index >= 15 is 0 Å². The van der Waals surface area contributed by atoms with Crippen LogP contribution in [0.25, 0.3) is 11.5 Å². The zero-order valence-corrected chi connectivity index (χ0v) is 14.3. The average Bonchev–Trinajstić information content (AvgIpc) is 3.27. The first-order valence-corrected chi connectivity index (χ1v) is 9.02. The Morgan fingerprint density at radius 2 is 1.96 bits per heavy atom. The normalized spacial score (nSPS) is 20.0. The number of piperidine rings is 1. The van der Waals surface area contributed by atoms with Crippen LogP contribution in [0.3, 0.4) is 0 Å². The summed E-state index contributed by atoms with van der Waals surface area (Å²) in [5, 5.41) is 3.91. The first kappa shape index (κ1) is 15.6. The van der Waals surface area contributed by atoms with Crippen LogP contribution in [0.15, 0.2) is 22.9 Å². The van der Waals surface area contributed by atoms with Gasteiger partial charge in [-0.3, -0.25) is 0 Å². The van der Waals surface area contributed by atoms with Crippen LogP contribution in [-0.2, 0) is 0 Å². The first-order valence-electron chi connectivity index (χ1n) is 9.02. The van der Waals surface area contributed by atoms with Gasteiger partial charge < -0.3 is 14.3 Å². The molecular weight excluding hydrogens is 302 g/mol. The number of likely N-dealkylation sites (tertiary alicyclic amines) is 1. The maximum atomic E-state index is 5.36. The Hall–Kier alpha value is -1.95. The van der Waals surface area contributed by atoms with Gasteiger partial charge in [0.05, 0.1) is 5.56 Å². The first-order chi connectivity index (χ1) is 11.8. The quantitative estimate of drug-likeness (QED) is 0.860. The van der Waals surface area contributed by atoms with Crippen LogP contribution in [0.4, 0.5) is 5.82 Å². The van der Waals surface area contributed by atoms with Crippen LogP contribution >= 0.6 is 0 Å². The molecule has 4 heterocycles. The van der Waals surface area contributed by atoms with Gasteiger partial charge in [0.2, 0.25) is 0 Å². The Kier molecular flexibility index (Phi) is 4.47. The van der Waals surface area contributed by atoms with Crippen LogP contribution in [0.5, 0.6) is 0 Å². The Bertz CT molecular complexity index is 672. The van der Waals surface area contributed by atoms with E-state index in [1.165, 1.54) is 45.3 Å². The lowest BCUT2D eigenvalue weighted by molar-refractivity contribution is 0.249. The number of aryl methyl sites for hydroxylation is 1. The molecule has 6 heteroatoms. The molecule has 0 aliphatic carbocycles. The van der Waals surface area contributed by atoms with E-state index in [1.807, 2.05) is 25.3 Å². The zero-order chi connectivity index (χ0) is 16.4. The van der Waals surface area contributed by atoms with Crippen molar-refractivity contribution in [3.05, 3.63) is 24.2 Å². The lowest BCUT2D eigenvalue weighted by Gasteiger charge is -2.35.